The van der Waals surface area contributed by atoms with Gasteiger partial charge in [0.1, 0.15) is 5.76 Å². The standard InChI is InChI=1S/C18H32N4O/c1-5-21(6-2)16(17-8-7-13-23-17)14-20-18(19-4)22-11-9-15(3)10-12-22/h7-8,13,15-16H,5-6,9-12,14H2,1-4H3,(H,19,20). The van der Waals surface area contributed by atoms with Crippen molar-refractivity contribution < 1.29 is 4.42 Å². The van der Waals surface area contributed by atoms with E-state index in [4.69, 9.17) is 4.42 Å². The molecule has 0 saturated carbocycles. The number of piperidine rings is 1. The number of hydrogen-bond donors (Lipinski definition) is 1. The first-order chi connectivity index (χ1) is 11.2. The first kappa shape index (κ1) is 17.9. The highest BCUT2D eigenvalue weighted by Gasteiger charge is 2.23. The lowest BCUT2D eigenvalue weighted by molar-refractivity contribution is 0.190. The van der Waals surface area contributed by atoms with Crippen molar-refractivity contribution in [3.63, 3.8) is 0 Å². The average molecular weight is 320 g/mol. The van der Waals surface area contributed by atoms with Crippen LogP contribution in [-0.4, -0.2) is 55.5 Å². The third-order valence-corrected chi connectivity index (χ3v) is 4.87. The third kappa shape index (κ3) is 4.74. The maximum atomic E-state index is 5.67. The molecule has 1 aromatic rings. The molecule has 0 spiro atoms. The van der Waals surface area contributed by atoms with E-state index in [1.54, 1.807) is 6.26 Å². The van der Waals surface area contributed by atoms with E-state index in [2.05, 4.69) is 46.9 Å². The van der Waals surface area contributed by atoms with Crippen LogP contribution in [0.25, 0.3) is 0 Å². The van der Waals surface area contributed by atoms with Gasteiger partial charge in [0.15, 0.2) is 5.96 Å². The lowest BCUT2D eigenvalue weighted by Gasteiger charge is -2.34. The van der Waals surface area contributed by atoms with Crippen molar-refractivity contribution in [2.24, 2.45) is 10.9 Å². The van der Waals surface area contributed by atoms with Crippen LogP contribution >= 0.6 is 0 Å². The maximum Gasteiger partial charge on any atom is 0.193 e. The van der Waals surface area contributed by atoms with Gasteiger partial charge in [-0.3, -0.25) is 9.89 Å². The Balaban J connectivity index is 1.99. The minimum Gasteiger partial charge on any atom is -0.468 e. The van der Waals surface area contributed by atoms with Gasteiger partial charge in [0, 0.05) is 26.7 Å². The Morgan fingerprint density at radius 2 is 2.09 bits per heavy atom. The second-order valence-electron chi connectivity index (χ2n) is 6.35. The molecular weight excluding hydrogens is 288 g/mol. The molecular formula is C18H32N4O. The van der Waals surface area contributed by atoms with Gasteiger partial charge in [-0.25, -0.2) is 0 Å². The molecule has 0 amide bonds. The topological polar surface area (TPSA) is 44.0 Å². The average Bonchev–Trinajstić information content (AvgIpc) is 3.10. The molecule has 1 fully saturated rings. The Morgan fingerprint density at radius 1 is 1.39 bits per heavy atom. The molecule has 5 heteroatoms. The molecule has 2 heterocycles. The van der Waals surface area contributed by atoms with E-state index in [1.807, 2.05) is 13.1 Å². The van der Waals surface area contributed by atoms with Crippen LogP contribution in [0.5, 0.6) is 0 Å². The molecule has 1 unspecified atom stereocenters. The maximum absolute atomic E-state index is 5.67. The van der Waals surface area contributed by atoms with Crippen LogP contribution in [0.1, 0.15) is 45.4 Å². The molecule has 0 aliphatic carbocycles. The van der Waals surface area contributed by atoms with Gasteiger partial charge in [0.2, 0.25) is 0 Å². The van der Waals surface area contributed by atoms with E-state index >= 15 is 0 Å². The van der Waals surface area contributed by atoms with Crippen LogP contribution in [0.15, 0.2) is 27.8 Å². The van der Waals surface area contributed by atoms with Crippen LogP contribution in [-0.2, 0) is 0 Å². The first-order valence-electron chi connectivity index (χ1n) is 8.92. The van der Waals surface area contributed by atoms with Crippen LogP contribution in [0.4, 0.5) is 0 Å². The summed E-state index contributed by atoms with van der Waals surface area (Å²) >= 11 is 0. The molecule has 1 aliphatic rings. The molecule has 0 bridgehead atoms. The summed E-state index contributed by atoms with van der Waals surface area (Å²) in [6.45, 7) is 11.7. The van der Waals surface area contributed by atoms with Gasteiger partial charge >= 0.3 is 0 Å². The summed E-state index contributed by atoms with van der Waals surface area (Å²) in [7, 11) is 1.87. The van der Waals surface area contributed by atoms with Crippen LogP contribution < -0.4 is 5.32 Å². The summed E-state index contributed by atoms with van der Waals surface area (Å²) in [5.74, 6) is 2.86. The normalized spacial score (nSPS) is 18.5. The fourth-order valence-corrected chi connectivity index (χ4v) is 3.30. The number of hydrogen-bond acceptors (Lipinski definition) is 3. The fourth-order valence-electron chi connectivity index (χ4n) is 3.30. The number of aliphatic imine (C=N–C) groups is 1. The highest BCUT2D eigenvalue weighted by Crippen LogP contribution is 2.21. The second kappa shape index (κ2) is 8.96. The molecule has 130 valence electrons. The van der Waals surface area contributed by atoms with Crippen molar-refractivity contribution in [1.82, 2.24) is 15.1 Å². The lowest BCUT2D eigenvalue weighted by atomic mass is 9.99. The molecule has 1 aliphatic heterocycles. The van der Waals surface area contributed by atoms with Crippen LogP contribution in [0, 0.1) is 5.92 Å². The minimum atomic E-state index is 0.237. The van der Waals surface area contributed by atoms with E-state index in [1.165, 1.54) is 12.8 Å². The van der Waals surface area contributed by atoms with Gasteiger partial charge in [0.05, 0.1) is 12.3 Å². The number of likely N-dealkylation sites (N-methyl/N-ethyl adjacent to an activating group) is 1. The Hall–Kier alpha value is -1.49. The molecule has 1 saturated heterocycles. The summed E-state index contributed by atoms with van der Waals surface area (Å²) in [6, 6.07) is 4.27. The zero-order valence-electron chi connectivity index (χ0n) is 15.1. The van der Waals surface area contributed by atoms with E-state index in [0.29, 0.717) is 0 Å². The van der Waals surface area contributed by atoms with Gasteiger partial charge < -0.3 is 14.6 Å². The zero-order chi connectivity index (χ0) is 16.7. The van der Waals surface area contributed by atoms with Crippen LogP contribution in [0.3, 0.4) is 0 Å². The van der Waals surface area contributed by atoms with Gasteiger partial charge in [-0.05, 0) is 44.0 Å². The predicted octanol–water partition coefficient (Wildman–Crippen LogP) is 2.97. The monoisotopic (exact) mass is 320 g/mol. The molecule has 0 radical (unpaired) electrons. The predicted molar refractivity (Wildman–Crippen MR) is 95.7 cm³/mol. The molecule has 5 nitrogen and oxygen atoms in total. The lowest BCUT2D eigenvalue weighted by Crippen LogP contribution is -2.47. The SMILES string of the molecule is CCN(CC)C(CNC(=NC)N1CCC(C)CC1)c1ccco1. The second-order valence-corrected chi connectivity index (χ2v) is 6.35. The molecule has 23 heavy (non-hydrogen) atoms. The number of nitrogens with zero attached hydrogens (tertiary/aromatic N) is 3. The van der Waals surface area contributed by atoms with Crippen molar-refractivity contribution in [2.45, 2.75) is 39.7 Å². The Labute approximate surface area is 140 Å². The van der Waals surface area contributed by atoms with Gasteiger partial charge in [-0.15, -0.1) is 0 Å². The fraction of sp³-hybridized carbons (Fsp3) is 0.722. The Morgan fingerprint density at radius 3 is 2.61 bits per heavy atom. The van der Waals surface area contributed by atoms with Crippen molar-refractivity contribution >= 4 is 5.96 Å². The smallest absolute Gasteiger partial charge is 0.193 e. The summed E-state index contributed by atoms with van der Waals surface area (Å²) in [5, 5.41) is 3.57. The minimum absolute atomic E-state index is 0.237. The molecule has 1 N–H and O–H groups in total. The number of rotatable bonds is 6. The summed E-state index contributed by atoms with van der Waals surface area (Å²) in [5.41, 5.74) is 0. The highest BCUT2D eigenvalue weighted by molar-refractivity contribution is 5.80. The van der Waals surface area contributed by atoms with Crippen molar-refractivity contribution in [2.75, 3.05) is 39.8 Å². The summed E-state index contributed by atoms with van der Waals surface area (Å²) in [6.07, 6.45) is 4.25. The Kier molecular flexibility index (Phi) is 6.96. The van der Waals surface area contributed by atoms with E-state index in [9.17, 15) is 0 Å². The molecule has 1 aromatic heterocycles. The van der Waals surface area contributed by atoms with Crippen molar-refractivity contribution in [3.8, 4) is 0 Å². The van der Waals surface area contributed by atoms with Gasteiger partial charge in [-0.1, -0.05) is 20.8 Å². The van der Waals surface area contributed by atoms with Crippen molar-refractivity contribution in [1.29, 1.82) is 0 Å². The largest absolute Gasteiger partial charge is 0.468 e. The molecule has 1 atom stereocenters. The van der Waals surface area contributed by atoms with Gasteiger partial charge in [0.25, 0.3) is 0 Å². The zero-order valence-corrected chi connectivity index (χ0v) is 15.1. The molecule has 0 aromatic carbocycles. The van der Waals surface area contributed by atoms with E-state index in [-0.39, 0.29) is 6.04 Å². The summed E-state index contributed by atoms with van der Waals surface area (Å²) < 4.78 is 5.67. The number of furan rings is 1. The van der Waals surface area contributed by atoms with E-state index < -0.39 is 0 Å². The quantitative estimate of drug-likeness (QED) is 0.646. The van der Waals surface area contributed by atoms with Gasteiger partial charge in [-0.2, -0.15) is 0 Å². The summed E-state index contributed by atoms with van der Waals surface area (Å²) in [4.78, 5) is 9.27. The number of likely N-dealkylation sites (tertiary alicyclic amines) is 1. The number of guanidine groups is 1. The highest BCUT2D eigenvalue weighted by atomic mass is 16.3. The van der Waals surface area contributed by atoms with Crippen LogP contribution in [0.2, 0.25) is 0 Å². The Bertz CT molecular complexity index is 459. The first-order valence-corrected chi connectivity index (χ1v) is 8.92. The molecule has 2 rings (SSSR count). The van der Waals surface area contributed by atoms with E-state index in [0.717, 1.165) is 50.4 Å². The van der Waals surface area contributed by atoms with Crippen molar-refractivity contribution in [3.05, 3.63) is 24.2 Å². The third-order valence-electron chi connectivity index (χ3n) is 4.87. The number of nitrogens with one attached hydrogen (secondary N) is 1.